The first-order valence-corrected chi connectivity index (χ1v) is 19.9. The van der Waals surface area contributed by atoms with E-state index >= 15 is 0 Å². The SMILES string of the molecule is c1ccc(-c2ccc(N(c3ccc(-c4cccc5c4oc4ccccc45)cc3)c3cccc4cc5c(cc34)-c3cc4ccc(-c6ccccc6)cc4cc3-5)cc2)cc1. The fourth-order valence-corrected chi connectivity index (χ4v) is 9.07. The summed E-state index contributed by atoms with van der Waals surface area (Å²) in [6, 6.07) is 76.9. The van der Waals surface area contributed by atoms with Gasteiger partial charge in [-0.15, -0.1) is 0 Å². The van der Waals surface area contributed by atoms with Gasteiger partial charge in [0, 0.05) is 33.1 Å². The van der Waals surface area contributed by atoms with E-state index in [0.717, 1.165) is 50.1 Å². The third kappa shape index (κ3) is 5.19. The van der Waals surface area contributed by atoms with Gasteiger partial charge < -0.3 is 9.32 Å². The molecule has 10 aromatic carbocycles. The molecule has 0 amide bonds. The van der Waals surface area contributed by atoms with Crippen LogP contribution in [0, 0.1) is 0 Å². The number of anilines is 3. The lowest BCUT2D eigenvalue weighted by atomic mass is 9.77. The third-order valence-corrected chi connectivity index (χ3v) is 12.0. The summed E-state index contributed by atoms with van der Waals surface area (Å²) in [5.41, 5.74) is 17.5. The van der Waals surface area contributed by atoms with Gasteiger partial charge >= 0.3 is 0 Å². The van der Waals surface area contributed by atoms with Crippen molar-refractivity contribution in [2.45, 2.75) is 0 Å². The van der Waals surface area contributed by atoms with Crippen LogP contribution >= 0.6 is 0 Å². The van der Waals surface area contributed by atoms with Gasteiger partial charge in [0.25, 0.3) is 0 Å². The van der Waals surface area contributed by atoms with Gasteiger partial charge in [-0.05, 0) is 133 Å². The molecule has 0 spiro atoms. The number of benzene rings is 10. The van der Waals surface area contributed by atoms with Crippen LogP contribution in [0.5, 0.6) is 0 Å². The molecule has 2 heteroatoms. The molecule has 0 N–H and O–H groups in total. The molecule has 270 valence electrons. The van der Waals surface area contributed by atoms with E-state index in [1.54, 1.807) is 0 Å². The zero-order chi connectivity index (χ0) is 38.2. The molecular formula is C56H35NO. The summed E-state index contributed by atoms with van der Waals surface area (Å²) < 4.78 is 6.44. The Morgan fingerprint density at radius 2 is 0.845 bits per heavy atom. The highest BCUT2D eigenvalue weighted by atomic mass is 16.3. The average Bonchev–Trinajstić information content (AvgIpc) is 3.68. The molecule has 0 aliphatic heterocycles. The zero-order valence-electron chi connectivity index (χ0n) is 31.6. The Kier molecular flexibility index (Phi) is 7.26. The van der Waals surface area contributed by atoms with Crippen molar-refractivity contribution < 1.29 is 4.42 Å². The molecule has 1 heterocycles. The van der Waals surface area contributed by atoms with Crippen molar-refractivity contribution in [1.82, 2.24) is 0 Å². The van der Waals surface area contributed by atoms with Gasteiger partial charge in [-0.2, -0.15) is 0 Å². The summed E-state index contributed by atoms with van der Waals surface area (Å²) in [7, 11) is 0. The van der Waals surface area contributed by atoms with Crippen LogP contribution in [0.15, 0.2) is 217 Å². The van der Waals surface area contributed by atoms with E-state index in [9.17, 15) is 0 Å². The summed E-state index contributed by atoms with van der Waals surface area (Å²) in [5, 5.41) is 7.24. The predicted molar refractivity (Wildman–Crippen MR) is 244 cm³/mol. The Morgan fingerprint density at radius 1 is 0.293 bits per heavy atom. The molecule has 11 aromatic rings. The van der Waals surface area contributed by atoms with E-state index in [0.29, 0.717) is 0 Å². The van der Waals surface area contributed by atoms with Crippen LogP contribution in [-0.4, -0.2) is 0 Å². The number of hydrogen-bond acceptors (Lipinski definition) is 2. The molecule has 0 radical (unpaired) electrons. The van der Waals surface area contributed by atoms with Gasteiger partial charge in [0.2, 0.25) is 0 Å². The van der Waals surface area contributed by atoms with Gasteiger partial charge in [0.15, 0.2) is 0 Å². The lowest BCUT2D eigenvalue weighted by Gasteiger charge is -2.30. The molecule has 0 fully saturated rings. The van der Waals surface area contributed by atoms with Crippen molar-refractivity contribution in [2.24, 2.45) is 0 Å². The van der Waals surface area contributed by atoms with E-state index in [1.807, 2.05) is 12.1 Å². The van der Waals surface area contributed by atoms with Gasteiger partial charge in [-0.3, -0.25) is 0 Å². The highest BCUT2D eigenvalue weighted by Gasteiger charge is 2.26. The zero-order valence-corrected chi connectivity index (χ0v) is 31.6. The van der Waals surface area contributed by atoms with Gasteiger partial charge in [0.1, 0.15) is 11.2 Å². The minimum Gasteiger partial charge on any atom is -0.455 e. The van der Waals surface area contributed by atoms with Crippen molar-refractivity contribution in [1.29, 1.82) is 0 Å². The highest BCUT2D eigenvalue weighted by Crippen LogP contribution is 2.52. The maximum absolute atomic E-state index is 6.44. The van der Waals surface area contributed by atoms with Gasteiger partial charge in [-0.1, -0.05) is 146 Å². The maximum Gasteiger partial charge on any atom is 0.143 e. The Hall–Kier alpha value is -7.68. The molecule has 2 nitrogen and oxygen atoms in total. The smallest absolute Gasteiger partial charge is 0.143 e. The number of fused-ring (bicyclic) bond motifs is 9. The van der Waals surface area contributed by atoms with Crippen molar-refractivity contribution in [3.63, 3.8) is 0 Å². The van der Waals surface area contributed by atoms with Crippen LogP contribution in [0.3, 0.4) is 0 Å². The molecule has 0 saturated carbocycles. The molecule has 0 saturated heterocycles. The predicted octanol–water partition coefficient (Wildman–Crippen LogP) is 16.0. The molecule has 1 aromatic heterocycles. The molecule has 12 rings (SSSR count). The second kappa shape index (κ2) is 12.9. The van der Waals surface area contributed by atoms with E-state index < -0.39 is 0 Å². The summed E-state index contributed by atoms with van der Waals surface area (Å²) >= 11 is 0. The molecule has 58 heavy (non-hydrogen) atoms. The minimum atomic E-state index is 0.909. The van der Waals surface area contributed by atoms with Crippen molar-refractivity contribution in [3.8, 4) is 55.6 Å². The van der Waals surface area contributed by atoms with Crippen LogP contribution in [0.1, 0.15) is 0 Å². The van der Waals surface area contributed by atoms with E-state index in [-0.39, 0.29) is 0 Å². The normalized spacial score (nSPS) is 11.8. The number of furan rings is 1. The second-order valence-electron chi connectivity index (χ2n) is 15.3. The Morgan fingerprint density at radius 3 is 1.59 bits per heavy atom. The molecule has 0 atom stereocenters. The Bertz CT molecular complexity index is 3360. The minimum absolute atomic E-state index is 0.909. The van der Waals surface area contributed by atoms with Crippen LogP contribution < -0.4 is 4.90 Å². The third-order valence-electron chi connectivity index (χ3n) is 12.0. The molecular weight excluding hydrogens is 703 g/mol. The summed E-state index contributed by atoms with van der Waals surface area (Å²) in [4.78, 5) is 2.40. The molecule has 0 bridgehead atoms. The van der Waals surface area contributed by atoms with Crippen molar-refractivity contribution in [3.05, 3.63) is 212 Å². The monoisotopic (exact) mass is 737 g/mol. The van der Waals surface area contributed by atoms with Crippen LogP contribution in [0.25, 0.3) is 99.1 Å². The Labute approximate surface area is 336 Å². The fourth-order valence-electron chi connectivity index (χ4n) is 9.07. The van der Waals surface area contributed by atoms with Crippen LogP contribution in [0.2, 0.25) is 0 Å². The average molecular weight is 738 g/mol. The first-order valence-electron chi connectivity index (χ1n) is 19.9. The van der Waals surface area contributed by atoms with Crippen LogP contribution in [0.4, 0.5) is 17.1 Å². The lowest BCUT2D eigenvalue weighted by molar-refractivity contribution is 0.670. The number of rotatable bonds is 6. The van der Waals surface area contributed by atoms with Crippen LogP contribution in [-0.2, 0) is 0 Å². The number of para-hydroxylation sites is 2. The largest absolute Gasteiger partial charge is 0.455 e. The summed E-state index contributed by atoms with van der Waals surface area (Å²) in [6.45, 7) is 0. The lowest BCUT2D eigenvalue weighted by Crippen LogP contribution is -2.11. The first-order chi connectivity index (χ1) is 28.7. The highest BCUT2D eigenvalue weighted by molar-refractivity contribution is 6.14. The Balaban J connectivity index is 0.976. The second-order valence-corrected chi connectivity index (χ2v) is 15.3. The van der Waals surface area contributed by atoms with E-state index in [4.69, 9.17) is 4.42 Å². The van der Waals surface area contributed by atoms with E-state index in [1.165, 1.54) is 66.1 Å². The summed E-state index contributed by atoms with van der Waals surface area (Å²) in [5.74, 6) is 0. The van der Waals surface area contributed by atoms with Crippen molar-refractivity contribution in [2.75, 3.05) is 4.90 Å². The summed E-state index contributed by atoms with van der Waals surface area (Å²) in [6.07, 6.45) is 0. The molecule has 0 unspecified atom stereocenters. The molecule has 1 aliphatic carbocycles. The molecule has 1 aliphatic rings. The fraction of sp³-hybridized carbons (Fsp3) is 0. The topological polar surface area (TPSA) is 16.4 Å². The quantitative estimate of drug-likeness (QED) is 0.169. The standard InChI is InChI=1S/C56H35NO/c1-3-11-36(12-4-1)38-23-27-44(28-24-38)57(45-29-25-39(26-30-45)46-17-10-18-48-47-16-7-8-20-55(47)58-56(46)48)54-19-9-15-42-33-51-52-34-43-31-40(37-13-5-2-6-14-37)21-22-41(43)32-50(52)53(51)35-49(42)54/h1-35H. The van der Waals surface area contributed by atoms with Crippen molar-refractivity contribution >= 4 is 60.5 Å². The van der Waals surface area contributed by atoms with Gasteiger partial charge in [-0.25, -0.2) is 0 Å². The number of hydrogen-bond donors (Lipinski definition) is 0. The van der Waals surface area contributed by atoms with Gasteiger partial charge in [0.05, 0.1) is 5.69 Å². The number of nitrogens with zero attached hydrogens (tertiary/aromatic N) is 1. The first kappa shape index (κ1) is 32.6. The maximum atomic E-state index is 6.44. The van der Waals surface area contributed by atoms with E-state index in [2.05, 4.69) is 205 Å².